The first-order valence-electron chi connectivity index (χ1n) is 8.32. The fourth-order valence-corrected chi connectivity index (χ4v) is 3.57. The van der Waals surface area contributed by atoms with Gasteiger partial charge in [0.1, 0.15) is 0 Å². The van der Waals surface area contributed by atoms with E-state index in [4.69, 9.17) is 0 Å². The third-order valence-corrected chi connectivity index (χ3v) is 4.95. The fourth-order valence-electron chi connectivity index (χ4n) is 3.57. The summed E-state index contributed by atoms with van der Waals surface area (Å²) in [4.78, 5) is 14.6. The number of aryl methyl sites for hydroxylation is 1. The minimum atomic E-state index is 0.186. The molecule has 1 aromatic rings. The molecule has 0 bridgehead atoms. The molecule has 3 heteroatoms. The number of benzene rings is 1. The van der Waals surface area contributed by atoms with Gasteiger partial charge in [0, 0.05) is 0 Å². The van der Waals surface area contributed by atoms with Gasteiger partial charge in [-0.15, -0.1) is 0 Å². The molecule has 2 aliphatic rings. The van der Waals surface area contributed by atoms with Crippen molar-refractivity contribution in [1.82, 2.24) is 10.2 Å². The van der Waals surface area contributed by atoms with Gasteiger partial charge in [-0.05, 0) is 62.2 Å². The van der Waals surface area contributed by atoms with Crippen LogP contribution in [-0.4, -0.2) is 30.4 Å². The van der Waals surface area contributed by atoms with Crippen molar-refractivity contribution in [3.8, 4) is 0 Å². The first-order chi connectivity index (χ1) is 10.2. The maximum Gasteiger partial charge on any atom is 0.234 e. The van der Waals surface area contributed by atoms with Gasteiger partial charge in [0.05, 0.1) is 12.6 Å². The summed E-state index contributed by atoms with van der Waals surface area (Å²) in [5.74, 6) is 1.00. The van der Waals surface area contributed by atoms with Gasteiger partial charge in [-0.1, -0.05) is 31.2 Å². The molecule has 1 amide bonds. The minimum absolute atomic E-state index is 0.186. The Hall–Kier alpha value is -1.35. The first kappa shape index (κ1) is 14.6. The van der Waals surface area contributed by atoms with Crippen LogP contribution in [0.25, 0.3) is 0 Å². The van der Waals surface area contributed by atoms with Crippen molar-refractivity contribution in [3.05, 3.63) is 35.4 Å². The number of carbonyl (C=O) groups is 1. The van der Waals surface area contributed by atoms with Crippen molar-refractivity contribution in [2.24, 2.45) is 5.92 Å². The number of carbonyl (C=O) groups excluding carboxylic acids is 1. The molecule has 1 heterocycles. The summed E-state index contributed by atoms with van der Waals surface area (Å²) >= 11 is 0. The van der Waals surface area contributed by atoms with Crippen LogP contribution in [0.2, 0.25) is 0 Å². The molecule has 3 nitrogen and oxygen atoms in total. The summed E-state index contributed by atoms with van der Waals surface area (Å²) in [5.41, 5.74) is 2.73. The van der Waals surface area contributed by atoms with Crippen molar-refractivity contribution < 1.29 is 4.79 Å². The van der Waals surface area contributed by atoms with Crippen molar-refractivity contribution in [2.75, 3.05) is 19.6 Å². The highest BCUT2D eigenvalue weighted by molar-refractivity contribution is 5.78. The number of piperidine rings is 1. The molecule has 0 aromatic heterocycles. The van der Waals surface area contributed by atoms with E-state index >= 15 is 0 Å². The molecule has 1 saturated heterocycles. The van der Waals surface area contributed by atoms with E-state index in [9.17, 15) is 4.79 Å². The number of nitrogens with one attached hydrogen (secondary N) is 1. The summed E-state index contributed by atoms with van der Waals surface area (Å²) in [7, 11) is 0. The van der Waals surface area contributed by atoms with E-state index in [1.165, 1.54) is 30.4 Å². The average Bonchev–Trinajstić information content (AvgIpc) is 2.50. The van der Waals surface area contributed by atoms with Gasteiger partial charge in [-0.2, -0.15) is 0 Å². The van der Waals surface area contributed by atoms with Crippen LogP contribution in [-0.2, 0) is 11.2 Å². The Morgan fingerprint density at radius 3 is 2.81 bits per heavy atom. The van der Waals surface area contributed by atoms with Gasteiger partial charge in [-0.3, -0.25) is 9.69 Å². The molecular weight excluding hydrogens is 260 g/mol. The number of hydrogen-bond acceptors (Lipinski definition) is 2. The van der Waals surface area contributed by atoms with Crippen molar-refractivity contribution in [2.45, 2.75) is 45.1 Å². The Bertz CT molecular complexity index is 492. The number of fused-ring (bicyclic) bond motifs is 1. The molecule has 3 rings (SSSR count). The standard InChI is InChI=1S/C18H26N2O/c1-14-9-11-20(12-10-14)13-18(21)19-17-8-4-6-15-5-2-3-7-16(15)17/h2-3,5,7,14,17H,4,6,8-13H2,1H3,(H,19,21)/t17-/m1/s1. The molecule has 1 N–H and O–H groups in total. The molecular formula is C18H26N2O. The molecule has 1 atom stereocenters. The van der Waals surface area contributed by atoms with E-state index in [0.717, 1.165) is 31.8 Å². The van der Waals surface area contributed by atoms with Crippen LogP contribution in [0.1, 0.15) is 49.8 Å². The van der Waals surface area contributed by atoms with Crippen LogP contribution in [0, 0.1) is 5.92 Å². The SMILES string of the molecule is CC1CCN(CC(=O)N[C@@H]2CCCc3ccccc32)CC1. The fraction of sp³-hybridized carbons (Fsp3) is 0.611. The summed E-state index contributed by atoms with van der Waals surface area (Å²) in [6.07, 6.45) is 5.83. The zero-order valence-electron chi connectivity index (χ0n) is 13.0. The van der Waals surface area contributed by atoms with Crippen LogP contribution >= 0.6 is 0 Å². The third-order valence-electron chi connectivity index (χ3n) is 4.95. The minimum Gasteiger partial charge on any atom is -0.348 e. The molecule has 1 aliphatic heterocycles. The van der Waals surface area contributed by atoms with E-state index in [-0.39, 0.29) is 11.9 Å². The Morgan fingerprint density at radius 1 is 1.24 bits per heavy atom. The van der Waals surface area contributed by atoms with Gasteiger partial charge >= 0.3 is 0 Å². The topological polar surface area (TPSA) is 32.3 Å². The van der Waals surface area contributed by atoms with Crippen molar-refractivity contribution >= 4 is 5.91 Å². The molecule has 1 aliphatic carbocycles. The van der Waals surface area contributed by atoms with Crippen molar-refractivity contribution in [3.63, 3.8) is 0 Å². The maximum atomic E-state index is 12.3. The highest BCUT2D eigenvalue weighted by Gasteiger charge is 2.23. The summed E-state index contributed by atoms with van der Waals surface area (Å²) in [6.45, 7) is 4.99. The molecule has 1 fully saturated rings. The van der Waals surface area contributed by atoms with Crippen LogP contribution < -0.4 is 5.32 Å². The lowest BCUT2D eigenvalue weighted by Crippen LogP contribution is -2.42. The molecule has 114 valence electrons. The molecule has 0 spiro atoms. The number of likely N-dealkylation sites (tertiary alicyclic amines) is 1. The highest BCUT2D eigenvalue weighted by Crippen LogP contribution is 2.29. The Labute approximate surface area is 127 Å². The van der Waals surface area contributed by atoms with Gasteiger partial charge in [0.15, 0.2) is 0 Å². The lowest BCUT2D eigenvalue weighted by atomic mass is 9.88. The summed E-state index contributed by atoms with van der Waals surface area (Å²) < 4.78 is 0. The molecule has 0 unspecified atom stereocenters. The zero-order valence-corrected chi connectivity index (χ0v) is 13.0. The summed E-state index contributed by atoms with van der Waals surface area (Å²) in [5, 5.41) is 3.25. The number of amides is 1. The van der Waals surface area contributed by atoms with E-state index in [2.05, 4.69) is 41.4 Å². The maximum absolute atomic E-state index is 12.3. The number of hydrogen-bond donors (Lipinski definition) is 1. The molecule has 1 aromatic carbocycles. The zero-order chi connectivity index (χ0) is 14.7. The quantitative estimate of drug-likeness (QED) is 0.926. The first-order valence-corrected chi connectivity index (χ1v) is 8.32. The average molecular weight is 286 g/mol. The Kier molecular flexibility index (Phi) is 4.59. The largest absolute Gasteiger partial charge is 0.348 e. The third kappa shape index (κ3) is 3.65. The predicted molar refractivity (Wildman–Crippen MR) is 85.1 cm³/mol. The van der Waals surface area contributed by atoms with E-state index in [1.807, 2.05) is 0 Å². The van der Waals surface area contributed by atoms with Gasteiger partial charge in [-0.25, -0.2) is 0 Å². The van der Waals surface area contributed by atoms with E-state index < -0.39 is 0 Å². The second kappa shape index (κ2) is 6.61. The van der Waals surface area contributed by atoms with Crippen LogP contribution in [0.4, 0.5) is 0 Å². The van der Waals surface area contributed by atoms with E-state index in [0.29, 0.717) is 6.54 Å². The Morgan fingerprint density at radius 2 is 2.00 bits per heavy atom. The lowest BCUT2D eigenvalue weighted by molar-refractivity contribution is -0.123. The Balaban J connectivity index is 1.56. The summed E-state index contributed by atoms with van der Waals surface area (Å²) in [6, 6.07) is 8.75. The number of rotatable bonds is 3. The molecule has 21 heavy (non-hydrogen) atoms. The van der Waals surface area contributed by atoms with Gasteiger partial charge in [0.25, 0.3) is 0 Å². The predicted octanol–water partition coefficient (Wildman–Crippen LogP) is 2.91. The number of nitrogens with zero attached hydrogens (tertiary/aromatic N) is 1. The van der Waals surface area contributed by atoms with Crippen LogP contribution in [0.3, 0.4) is 0 Å². The molecule has 0 radical (unpaired) electrons. The van der Waals surface area contributed by atoms with Gasteiger partial charge < -0.3 is 5.32 Å². The van der Waals surface area contributed by atoms with Crippen LogP contribution in [0.15, 0.2) is 24.3 Å². The van der Waals surface area contributed by atoms with E-state index in [1.54, 1.807) is 0 Å². The smallest absolute Gasteiger partial charge is 0.234 e. The second-order valence-electron chi connectivity index (χ2n) is 6.67. The molecule has 0 saturated carbocycles. The monoisotopic (exact) mass is 286 g/mol. The van der Waals surface area contributed by atoms with Gasteiger partial charge in [0.2, 0.25) is 5.91 Å². The highest BCUT2D eigenvalue weighted by atomic mass is 16.2. The van der Waals surface area contributed by atoms with Crippen molar-refractivity contribution in [1.29, 1.82) is 0 Å². The lowest BCUT2D eigenvalue weighted by Gasteiger charge is -2.31. The van der Waals surface area contributed by atoms with Crippen LogP contribution in [0.5, 0.6) is 0 Å². The normalized spacial score (nSPS) is 23.6. The second-order valence-corrected chi connectivity index (χ2v) is 6.67.